The summed E-state index contributed by atoms with van der Waals surface area (Å²) in [6.45, 7) is -1.22. The number of nitrogens with two attached hydrogens (primary N) is 1. The minimum Gasteiger partial charge on any atom is -0.382 e. The highest BCUT2D eigenvalue weighted by Gasteiger charge is 2.27. The topological polar surface area (TPSA) is 102 Å². The van der Waals surface area contributed by atoms with Crippen LogP contribution in [0.15, 0.2) is 17.1 Å². The third kappa shape index (κ3) is 5.69. The molecule has 0 aliphatic rings. The number of anilines is 1. The lowest BCUT2D eigenvalue weighted by Gasteiger charge is -2.09. The van der Waals surface area contributed by atoms with Gasteiger partial charge in [0.15, 0.2) is 0 Å². The Balaban J connectivity index is 2.60. The van der Waals surface area contributed by atoms with E-state index in [-0.39, 0.29) is 0 Å². The number of carbonyl (C=O) groups is 1. The van der Waals surface area contributed by atoms with Crippen LogP contribution in [0.1, 0.15) is 0 Å². The second-order valence-electron chi connectivity index (χ2n) is 3.85. The molecule has 1 aromatic rings. The molecule has 4 N–H and O–H groups in total. The smallest absolute Gasteiger partial charge is 0.382 e. The molecule has 0 aromatic carbocycles. The molecule has 1 heterocycles. The van der Waals surface area contributed by atoms with E-state index in [0.717, 1.165) is 4.68 Å². The zero-order chi connectivity index (χ0) is 15.2. The average Bonchev–Trinajstić information content (AvgIpc) is 2.36. The van der Waals surface area contributed by atoms with Gasteiger partial charge in [0.2, 0.25) is 5.91 Å². The standard InChI is InChI=1S/C10H14F3N5O2/c11-10(12,13)6-16-8(19)5-18-9(20)3-7(4-17-18)15-2-1-14/h3-4,15H,1-2,5-6,14H2,(H,16,19). The van der Waals surface area contributed by atoms with E-state index in [1.54, 1.807) is 5.32 Å². The molecule has 0 aliphatic carbocycles. The first-order chi connectivity index (χ1) is 9.31. The fourth-order valence-electron chi connectivity index (χ4n) is 1.26. The molecule has 1 amide bonds. The van der Waals surface area contributed by atoms with Crippen LogP contribution < -0.4 is 21.9 Å². The van der Waals surface area contributed by atoms with E-state index in [9.17, 15) is 22.8 Å². The summed E-state index contributed by atoms with van der Waals surface area (Å²) in [5.41, 5.74) is 5.09. The largest absolute Gasteiger partial charge is 0.405 e. The van der Waals surface area contributed by atoms with E-state index in [1.807, 2.05) is 0 Å². The van der Waals surface area contributed by atoms with Crippen LogP contribution in [0.4, 0.5) is 18.9 Å². The van der Waals surface area contributed by atoms with Crippen LogP contribution in [0.3, 0.4) is 0 Å². The van der Waals surface area contributed by atoms with Crippen molar-refractivity contribution in [2.75, 3.05) is 25.0 Å². The van der Waals surface area contributed by atoms with E-state index < -0.39 is 30.7 Å². The van der Waals surface area contributed by atoms with Crippen molar-refractivity contribution in [2.24, 2.45) is 5.73 Å². The summed E-state index contributed by atoms with van der Waals surface area (Å²) in [6.07, 6.45) is -3.21. The highest BCUT2D eigenvalue weighted by molar-refractivity contribution is 5.75. The van der Waals surface area contributed by atoms with E-state index in [4.69, 9.17) is 5.73 Å². The number of carbonyl (C=O) groups excluding carboxylic acids is 1. The molecule has 0 radical (unpaired) electrons. The molecule has 0 unspecified atom stereocenters. The molecule has 10 heteroatoms. The summed E-state index contributed by atoms with van der Waals surface area (Å²) in [6, 6.07) is 1.18. The highest BCUT2D eigenvalue weighted by atomic mass is 19.4. The van der Waals surface area contributed by atoms with E-state index in [2.05, 4.69) is 10.4 Å². The fourth-order valence-corrected chi connectivity index (χ4v) is 1.26. The van der Waals surface area contributed by atoms with Crippen molar-refractivity contribution in [3.63, 3.8) is 0 Å². The Morgan fingerprint density at radius 2 is 2.15 bits per heavy atom. The summed E-state index contributed by atoms with van der Waals surface area (Å²) in [7, 11) is 0. The van der Waals surface area contributed by atoms with Gasteiger partial charge in [0.25, 0.3) is 5.56 Å². The van der Waals surface area contributed by atoms with Crippen molar-refractivity contribution in [2.45, 2.75) is 12.7 Å². The van der Waals surface area contributed by atoms with Gasteiger partial charge in [0.1, 0.15) is 13.1 Å². The Labute approximate surface area is 111 Å². The number of nitrogens with zero attached hydrogens (tertiary/aromatic N) is 2. The van der Waals surface area contributed by atoms with Crippen molar-refractivity contribution in [3.05, 3.63) is 22.6 Å². The molecule has 0 bridgehead atoms. The van der Waals surface area contributed by atoms with Gasteiger partial charge >= 0.3 is 6.18 Å². The first-order valence-electron chi connectivity index (χ1n) is 5.66. The second kappa shape index (κ2) is 6.89. The Morgan fingerprint density at radius 1 is 1.45 bits per heavy atom. The van der Waals surface area contributed by atoms with Gasteiger partial charge in [-0.1, -0.05) is 0 Å². The van der Waals surface area contributed by atoms with Crippen molar-refractivity contribution < 1.29 is 18.0 Å². The lowest BCUT2D eigenvalue weighted by atomic mass is 10.4. The van der Waals surface area contributed by atoms with Gasteiger partial charge < -0.3 is 16.4 Å². The van der Waals surface area contributed by atoms with Gasteiger partial charge in [0, 0.05) is 19.2 Å². The predicted molar refractivity (Wildman–Crippen MR) is 65.1 cm³/mol. The number of rotatable bonds is 6. The summed E-state index contributed by atoms with van der Waals surface area (Å²) in [5.74, 6) is -0.945. The molecule has 1 aromatic heterocycles. The number of hydrogen-bond acceptors (Lipinski definition) is 5. The Bertz CT molecular complexity index is 514. The predicted octanol–water partition coefficient (Wildman–Crippen LogP) is -0.708. The normalized spacial score (nSPS) is 11.2. The van der Waals surface area contributed by atoms with Gasteiger partial charge in [-0.3, -0.25) is 9.59 Å². The summed E-state index contributed by atoms with van der Waals surface area (Å²) < 4.78 is 36.4. The lowest BCUT2D eigenvalue weighted by molar-refractivity contribution is -0.138. The van der Waals surface area contributed by atoms with Crippen LogP contribution in [0.2, 0.25) is 0 Å². The molecule has 0 fully saturated rings. The van der Waals surface area contributed by atoms with Crippen LogP contribution in [0.5, 0.6) is 0 Å². The van der Waals surface area contributed by atoms with Gasteiger partial charge in [-0.05, 0) is 0 Å². The lowest BCUT2D eigenvalue weighted by Crippen LogP contribution is -2.38. The first-order valence-corrected chi connectivity index (χ1v) is 5.66. The second-order valence-corrected chi connectivity index (χ2v) is 3.85. The van der Waals surface area contributed by atoms with Crippen LogP contribution in [0.25, 0.3) is 0 Å². The molecule has 112 valence electrons. The van der Waals surface area contributed by atoms with Crippen LogP contribution in [-0.2, 0) is 11.3 Å². The summed E-state index contributed by atoms with van der Waals surface area (Å²) in [4.78, 5) is 22.8. The summed E-state index contributed by atoms with van der Waals surface area (Å²) >= 11 is 0. The highest BCUT2D eigenvalue weighted by Crippen LogP contribution is 2.11. The molecule has 0 atom stereocenters. The minimum absolute atomic E-state index is 0.364. The Hall–Kier alpha value is -2.10. The van der Waals surface area contributed by atoms with Crippen LogP contribution in [0, 0.1) is 0 Å². The molecule has 0 spiro atoms. The van der Waals surface area contributed by atoms with Crippen LogP contribution >= 0.6 is 0 Å². The van der Waals surface area contributed by atoms with Crippen molar-refractivity contribution in [1.29, 1.82) is 0 Å². The number of aromatic nitrogens is 2. The molecular formula is C10H14F3N5O2. The molecule has 7 nitrogen and oxygen atoms in total. The van der Waals surface area contributed by atoms with Gasteiger partial charge in [0.05, 0.1) is 11.9 Å². The molecule has 0 saturated carbocycles. The number of amides is 1. The molecular weight excluding hydrogens is 279 g/mol. The quantitative estimate of drug-likeness (QED) is 0.643. The zero-order valence-electron chi connectivity index (χ0n) is 10.4. The van der Waals surface area contributed by atoms with Gasteiger partial charge in [-0.25, -0.2) is 4.68 Å². The number of hydrogen-bond donors (Lipinski definition) is 3. The van der Waals surface area contributed by atoms with E-state index in [1.165, 1.54) is 12.3 Å². The maximum Gasteiger partial charge on any atom is 0.405 e. The zero-order valence-corrected chi connectivity index (χ0v) is 10.4. The van der Waals surface area contributed by atoms with E-state index in [0.29, 0.717) is 18.8 Å². The summed E-state index contributed by atoms with van der Waals surface area (Å²) in [5, 5.41) is 8.14. The third-order valence-corrected chi connectivity index (χ3v) is 2.12. The Kier molecular flexibility index (Phi) is 5.50. The number of alkyl halides is 3. The van der Waals surface area contributed by atoms with Crippen LogP contribution in [-0.4, -0.2) is 41.5 Å². The maximum atomic E-state index is 11.9. The molecule has 20 heavy (non-hydrogen) atoms. The molecule has 0 aliphatic heterocycles. The number of halogens is 3. The Morgan fingerprint density at radius 3 is 2.70 bits per heavy atom. The fraction of sp³-hybridized carbons (Fsp3) is 0.500. The minimum atomic E-state index is -4.50. The number of nitrogens with one attached hydrogen (secondary N) is 2. The average molecular weight is 293 g/mol. The molecule has 1 rings (SSSR count). The van der Waals surface area contributed by atoms with Crippen molar-refractivity contribution in [1.82, 2.24) is 15.1 Å². The first kappa shape index (κ1) is 16.0. The SMILES string of the molecule is NCCNc1cnn(CC(=O)NCC(F)(F)F)c(=O)c1. The maximum absolute atomic E-state index is 11.9. The van der Waals surface area contributed by atoms with Crippen molar-refractivity contribution in [3.8, 4) is 0 Å². The van der Waals surface area contributed by atoms with Crippen molar-refractivity contribution >= 4 is 11.6 Å². The van der Waals surface area contributed by atoms with E-state index >= 15 is 0 Å². The van der Waals surface area contributed by atoms with Gasteiger partial charge in [-0.2, -0.15) is 18.3 Å². The third-order valence-electron chi connectivity index (χ3n) is 2.12. The van der Waals surface area contributed by atoms with Gasteiger partial charge in [-0.15, -0.1) is 0 Å². The monoisotopic (exact) mass is 293 g/mol. The molecule has 0 saturated heterocycles.